The Morgan fingerprint density at radius 2 is 1.92 bits per heavy atom. The molecule has 2 aliphatic heterocycles. The van der Waals surface area contributed by atoms with Crippen LogP contribution in [0.5, 0.6) is 0 Å². The Morgan fingerprint density at radius 1 is 1.23 bits per heavy atom. The number of fused-ring (bicyclic) bond motifs is 2. The molecule has 1 aromatic carbocycles. The van der Waals surface area contributed by atoms with Gasteiger partial charge >= 0.3 is 0 Å². The lowest BCUT2D eigenvalue weighted by molar-refractivity contribution is 0.0827. The number of carbonyl (C=O) groups is 1. The van der Waals surface area contributed by atoms with E-state index in [1.54, 1.807) is 0 Å². The molecule has 1 amide bonds. The monoisotopic (exact) mass is 373 g/mol. The maximum atomic E-state index is 13.4. The van der Waals surface area contributed by atoms with Crippen molar-refractivity contribution in [3.8, 4) is 0 Å². The van der Waals surface area contributed by atoms with Crippen LogP contribution in [-0.2, 0) is 6.54 Å². The van der Waals surface area contributed by atoms with Gasteiger partial charge < -0.3 is 5.32 Å². The second kappa shape index (κ2) is 7.33. The molecule has 0 radical (unpaired) electrons. The summed E-state index contributed by atoms with van der Waals surface area (Å²) in [5.41, 5.74) is 1.43. The summed E-state index contributed by atoms with van der Waals surface area (Å²) in [6, 6.07) is 12.7. The van der Waals surface area contributed by atoms with Crippen LogP contribution in [0.2, 0.25) is 5.15 Å². The first-order chi connectivity index (χ1) is 12.6. The molecule has 1 aromatic heterocycles. The van der Waals surface area contributed by atoms with Gasteiger partial charge in [0.05, 0.1) is 11.8 Å². The number of amides is 1. The van der Waals surface area contributed by atoms with Crippen LogP contribution < -0.4 is 5.32 Å². The van der Waals surface area contributed by atoms with Crippen molar-refractivity contribution in [3.05, 3.63) is 64.7 Å². The highest BCUT2D eigenvalue weighted by Crippen LogP contribution is 2.37. The highest BCUT2D eigenvalue weighted by molar-refractivity contribution is 6.32. The molecule has 4 nitrogen and oxygen atoms in total. The summed E-state index contributed by atoms with van der Waals surface area (Å²) in [7, 11) is 0. The van der Waals surface area contributed by atoms with Crippen molar-refractivity contribution >= 4 is 17.5 Å². The average Bonchev–Trinajstić information content (AvgIpc) is 2.87. The summed E-state index contributed by atoms with van der Waals surface area (Å²) in [5, 5.41) is 3.07. The zero-order valence-corrected chi connectivity index (χ0v) is 15.1. The van der Waals surface area contributed by atoms with E-state index in [4.69, 9.17) is 11.6 Å². The van der Waals surface area contributed by atoms with Crippen molar-refractivity contribution < 1.29 is 9.18 Å². The van der Waals surface area contributed by atoms with Gasteiger partial charge in [-0.15, -0.1) is 0 Å². The second-order valence-corrected chi connectivity index (χ2v) is 7.53. The summed E-state index contributed by atoms with van der Waals surface area (Å²) in [4.78, 5) is 18.8. The fourth-order valence-electron chi connectivity index (χ4n) is 4.29. The van der Waals surface area contributed by atoms with Gasteiger partial charge in [0, 0.05) is 24.7 Å². The van der Waals surface area contributed by atoms with E-state index in [1.807, 2.05) is 6.07 Å². The molecular weight excluding hydrogens is 353 g/mol. The summed E-state index contributed by atoms with van der Waals surface area (Å²) in [6.07, 6.45) is 5.16. The Bertz CT molecular complexity index is 787. The Kier molecular flexibility index (Phi) is 4.92. The standard InChI is InChI=1S/C20H21ClFN3O/c21-19-18(8-14(22)11-23-19)20(26)24-15-9-16-6-7-17(10-15)25(16)12-13-4-2-1-3-5-13/h1-5,8,11,15-17H,6-7,9-10,12H2,(H,24,26)/t15-,16-,17+. The van der Waals surface area contributed by atoms with Gasteiger partial charge in [0.1, 0.15) is 11.0 Å². The molecule has 2 aliphatic rings. The Morgan fingerprint density at radius 3 is 2.62 bits per heavy atom. The van der Waals surface area contributed by atoms with Gasteiger partial charge in [0.2, 0.25) is 0 Å². The van der Waals surface area contributed by atoms with E-state index in [-0.39, 0.29) is 22.7 Å². The molecule has 1 N–H and O–H groups in total. The number of carbonyl (C=O) groups excluding carboxylic acids is 1. The van der Waals surface area contributed by atoms with Gasteiger partial charge in [0.15, 0.2) is 0 Å². The quantitative estimate of drug-likeness (QED) is 0.829. The van der Waals surface area contributed by atoms with E-state index in [9.17, 15) is 9.18 Å². The SMILES string of the molecule is O=C(N[C@@H]1C[C@H]2CC[C@@H](C1)N2Cc1ccccc1)c1cc(F)cnc1Cl. The van der Waals surface area contributed by atoms with E-state index >= 15 is 0 Å². The van der Waals surface area contributed by atoms with Crippen LogP contribution in [0.15, 0.2) is 42.6 Å². The van der Waals surface area contributed by atoms with Crippen molar-refractivity contribution in [1.29, 1.82) is 0 Å². The molecule has 0 aliphatic carbocycles. The van der Waals surface area contributed by atoms with E-state index in [0.29, 0.717) is 12.1 Å². The van der Waals surface area contributed by atoms with Crippen molar-refractivity contribution in [3.63, 3.8) is 0 Å². The largest absolute Gasteiger partial charge is 0.349 e. The van der Waals surface area contributed by atoms with Crippen molar-refractivity contribution in [1.82, 2.24) is 15.2 Å². The minimum Gasteiger partial charge on any atom is -0.349 e. The number of benzene rings is 1. The third-order valence-electron chi connectivity index (χ3n) is 5.48. The van der Waals surface area contributed by atoms with Gasteiger partial charge in [-0.25, -0.2) is 9.37 Å². The van der Waals surface area contributed by atoms with Crippen LogP contribution in [0.4, 0.5) is 4.39 Å². The summed E-state index contributed by atoms with van der Waals surface area (Å²) >= 11 is 5.95. The highest BCUT2D eigenvalue weighted by Gasteiger charge is 2.41. The third kappa shape index (κ3) is 3.60. The molecule has 2 aromatic rings. The molecule has 136 valence electrons. The molecular formula is C20H21ClFN3O. The zero-order chi connectivity index (χ0) is 18.1. The molecule has 3 heterocycles. The maximum Gasteiger partial charge on any atom is 0.254 e. The Balaban J connectivity index is 1.41. The number of aromatic nitrogens is 1. The molecule has 4 rings (SSSR count). The lowest BCUT2D eigenvalue weighted by Gasteiger charge is -2.39. The predicted molar refractivity (Wildman–Crippen MR) is 98.5 cm³/mol. The van der Waals surface area contributed by atoms with Crippen LogP contribution in [0, 0.1) is 5.82 Å². The molecule has 2 bridgehead atoms. The van der Waals surface area contributed by atoms with E-state index < -0.39 is 5.82 Å². The van der Waals surface area contributed by atoms with Gasteiger partial charge in [-0.1, -0.05) is 41.9 Å². The number of hydrogen-bond donors (Lipinski definition) is 1. The average molecular weight is 374 g/mol. The van der Waals surface area contributed by atoms with Gasteiger partial charge in [-0.3, -0.25) is 9.69 Å². The molecule has 0 spiro atoms. The third-order valence-corrected chi connectivity index (χ3v) is 5.78. The number of hydrogen-bond acceptors (Lipinski definition) is 3. The van der Waals surface area contributed by atoms with E-state index in [1.165, 1.54) is 5.56 Å². The lowest BCUT2D eigenvalue weighted by Crippen LogP contribution is -2.50. The fourth-order valence-corrected chi connectivity index (χ4v) is 4.48. The van der Waals surface area contributed by atoms with Crippen LogP contribution in [0.3, 0.4) is 0 Å². The predicted octanol–water partition coefficient (Wildman–Crippen LogP) is 3.80. The topological polar surface area (TPSA) is 45.2 Å². The van der Waals surface area contributed by atoms with Crippen molar-refractivity contribution in [2.24, 2.45) is 0 Å². The highest BCUT2D eigenvalue weighted by atomic mass is 35.5. The van der Waals surface area contributed by atoms with Crippen LogP contribution in [-0.4, -0.2) is 33.9 Å². The smallest absolute Gasteiger partial charge is 0.254 e. The number of pyridine rings is 1. The maximum absolute atomic E-state index is 13.4. The molecule has 0 saturated carbocycles. The summed E-state index contributed by atoms with van der Waals surface area (Å²) in [5.74, 6) is -0.903. The van der Waals surface area contributed by atoms with E-state index in [0.717, 1.165) is 44.5 Å². The molecule has 3 atom stereocenters. The first kappa shape index (κ1) is 17.4. The number of piperidine rings is 1. The molecule has 0 unspecified atom stereocenters. The fraction of sp³-hybridized carbons (Fsp3) is 0.400. The second-order valence-electron chi connectivity index (χ2n) is 7.18. The molecule has 2 fully saturated rings. The number of rotatable bonds is 4. The van der Waals surface area contributed by atoms with Gasteiger partial charge in [-0.05, 0) is 37.3 Å². The normalized spacial score (nSPS) is 25.2. The minimum absolute atomic E-state index is 0.0355. The van der Waals surface area contributed by atoms with Crippen molar-refractivity contribution in [2.75, 3.05) is 0 Å². The van der Waals surface area contributed by atoms with Crippen LogP contribution in [0.25, 0.3) is 0 Å². The zero-order valence-electron chi connectivity index (χ0n) is 14.4. The van der Waals surface area contributed by atoms with Gasteiger partial charge in [-0.2, -0.15) is 0 Å². The number of halogens is 2. The Labute approximate surface area is 157 Å². The molecule has 26 heavy (non-hydrogen) atoms. The summed E-state index contributed by atoms with van der Waals surface area (Å²) in [6.45, 7) is 0.955. The molecule has 6 heteroatoms. The number of nitrogens with zero attached hydrogens (tertiary/aromatic N) is 2. The van der Waals surface area contributed by atoms with Crippen LogP contribution in [0.1, 0.15) is 41.6 Å². The van der Waals surface area contributed by atoms with Crippen molar-refractivity contribution in [2.45, 2.75) is 50.4 Å². The summed E-state index contributed by atoms with van der Waals surface area (Å²) < 4.78 is 13.4. The Hall–Kier alpha value is -1.98. The van der Waals surface area contributed by atoms with Gasteiger partial charge in [0.25, 0.3) is 5.91 Å². The molecule has 2 saturated heterocycles. The van der Waals surface area contributed by atoms with E-state index in [2.05, 4.69) is 39.5 Å². The first-order valence-electron chi connectivity index (χ1n) is 9.01. The number of nitrogens with one attached hydrogen (secondary N) is 1. The lowest BCUT2D eigenvalue weighted by atomic mass is 9.96. The minimum atomic E-state index is -0.558. The van der Waals surface area contributed by atoms with Crippen LogP contribution >= 0.6 is 11.6 Å². The first-order valence-corrected chi connectivity index (χ1v) is 9.39.